The highest BCUT2D eigenvalue weighted by Gasteiger charge is 2.38. The second-order valence-electron chi connectivity index (χ2n) is 6.93. The lowest BCUT2D eigenvalue weighted by Gasteiger charge is -2.32. The van der Waals surface area contributed by atoms with E-state index in [4.69, 9.17) is 4.74 Å². The zero-order valence-corrected chi connectivity index (χ0v) is 17.3. The van der Waals surface area contributed by atoms with Crippen LogP contribution in [0.4, 0.5) is 0 Å². The van der Waals surface area contributed by atoms with Crippen molar-refractivity contribution in [3.05, 3.63) is 54.4 Å². The minimum Gasteiger partial charge on any atom is -0.454 e. The average Bonchev–Trinajstić information content (AvgIpc) is 3.18. The van der Waals surface area contributed by atoms with Crippen LogP contribution in [-0.4, -0.2) is 54.3 Å². The summed E-state index contributed by atoms with van der Waals surface area (Å²) in [5.74, 6) is -2.21. The van der Waals surface area contributed by atoms with Crippen LogP contribution < -0.4 is 5.32 Å². The molecule has 1 saturated heterocycles. The van der Waals surface area contributed by atoms with Crippen LogP contribution >= 0.6 is 0 Å². The van der Waals surface area contributed by atoms with Gasteiger partial charge in [-0.2, -0.15) is 4.31 Å². The lowest BCUT2D eigenvalue weighted by molar-refractivity contribution is -0.153. The van der Waals surface area contributed by atoms with E-state index in [2.05, 4.69) is 5.32 Å². The van der Waals surface area contributed by atoms with Crippen LogP contribution in [0.2, 0.25) is 0 Å². The van der Waals surface area contributed by atoms with E-state index in [1.807, 2.05) is 0 Å². The van der Waals surface area contributed by atoms with Crippen molar-refractivity contribution in [2.75, 3.05) is 13.2 Å². The van der Waals surface area contributed by atoms with Crippen LogP contribution in [0.3, 0.4) is 0 Å². The number of esters is 1. The molecule has 0 saturated carbocycles. The van der Waals surface area contributed by atoms with Crippen molar-refractivity contribution < 1.29 is 27.5 Å². The molecular weight excluding hydrogens is 410 g/mol. The molecule has 10 heteroatoms. The third-order valence-electron chi connectivity index (χ3n) is 4.85. The lowest BCUT2D eigenvalue weighted by atomic mass is 10.1. The molecule has 1 aromatic carbocycles. The molecule has 3 rings (SSSR count). The van der Waals surface area contributed by atoms with Gasteiger partial charge in [0.2, 0.25) is 10.0 Å². The predicted octanol–water partition coefficient (Wildman–Crippen LogP) is 1.07. The van der Waals surface area contributed by atoms with Crippen molar-refractivity contribution >= 4 is 27.8 Å². The summed E-state index contributed by atoms with van der Waals surface area (Å²) >= 11 is 0. The topological polar surface area (TPSA) is 115 Å². The molecule has 0 bridgehead atoms. The van der Waals surface area contributed by atoms with Crippen LogP contribution in [0.5, 0.6) is 0 Å². The van der Waals surface area contributed by atoms with Crippen molar-refractivity contribution in [3.8, 4) is 0 Å². The molecular formula is C20H23N3O6S. The van der Waals surface area contributed by atoms with Gasteiger partial charge < -0.3 is 9.30 Å². The monoisotopic (exact) mass is 433 g/mol. The summed E-state index contributed by atoms with van der Waals surface area (Å²) in [6.45, 7) is -0.486. The number of aryl methyl sites for hydroxylation is 1. The van der Waals surface area contributed by atoms with E-state index in [1.165, 1.54) is 12.1 Å². The quantitative estimate of drug-likeness (QED) is 0.682. The molecule has 0 radical (unpaired) electrons. The number of piperidine rings is 1. The first kappa shape index (κ1) is 21.7. The average molecular weight is 433 g/mol. The molecule has 2 amide bonds. The molecule has 1 aliphatic rings. The first-order valence-electron chi connectivity index (χ1n) is 9.50. The number of hydrogen-bond acceptors (Lipinski definition) is 6. The maximum Gasteiger partial charge on any atom is 0.324 e. The van der Waals surface area contributed by atoms with E-state index in [9.17, 15) is 22.8 Å². The summed E-state index contributed by atoms with van der Waals surface area (Å²) in [4.78, 5) is 36.7. The Kier molecular flexibility index (Phi) is 6.68. The SMILES string of the molecule is Cn1cccc1C(=O)NC(=O)COC(=O)C1CCCCN1S(=O)(=O)c1ccccc1. The highest BCUT2D eigenvalue weighted by atomic mass is 32.2. The number of sulfonamides is 1. The molecule has 0 aliphatic carbocycles. The molecule has 9 nitrogen and oxygen atoms in total. The molecule has 1 unspecified atom stereocenters. The number of carbonyl (C=O) groups is 3. The zero-order chi connectivity index (χ0) is 21.7. The van der Waals surface area contributed by atoms with E-state index in [0.29, 0.717) is 19.3 Å². The molecule has 2 heterocycles. The van der Waals surface area contributed by atoms with Crippen molar-refractivity contribution in [1.82, 2.24) is 14.2 Å². The minimum atomic E-state index is -3.87. The number of carbonyl (C=O) groups excluding carboxylic acids is 3. The number of aromatic nitrogens is 1. The summed E-state index contributed by atoms with van der Waals surface area (Å²) in [6, 6.07) is 10.0. The van der Waals surface area contributed by atoms with Gasteiger partial charge in [-0.05, 0) is 43.5 Å². The Bertz CT molecular complexity index is 1030. The van der Waals surface area contributed by atoms with Crippen LogP contribution in [0.1, 0.15) is 29.8 Å². The first-order valence-corrected chi connectivity index (χ1v) is 10.9. The smallest absolute Gasteiger partial charge is 0.324 e. The van der Waals surface area contributed by atoms with Gasteiger partial charge in [0.15, 0.2) is 6.61 Å². The maximum atomic E-state index is 12.9. The van der Waals surface area contributed by atoms with E-state index in [0.717, 1.165) is 4.31 Å². The van der Waals surface area contributed by atoms with E-state index in [-0.39, 0.29) is 17.1 Å². The van der Waals surface area contributed by atoms with Gasteiger partial charge in [-0.25, -0.2) is 8.42 Å². The van der Waals surface area contributed by atoms with Crippen molar-refractivity contribution in [2.45, 2.75) is 30.2 Å². The molecule has 1 atom stereocenters. The van der Waals surface area contributed by atoms with Gasteiger partial charge in [0.05, 0.1) is 4.90 Å². The van der Waals surface area contributed by atoms with E-state index in [1.54, 1.807) is 48.1 Å². The molecule has 2 aromatic rings. The van der Waals surface area contributed by atoms with Gasteiger partial charge in [-0.3, -0.25) is 19.7 Å². The van der Waals surface area contributed by atoms with Crippen LogP contribution in [0, 0.1) is 0 Å². The number of benzene rings is 1. The van der Waals surface area contributed by atoms with Gasteiger partial charge in [0.25, 0.3) is 11.8 Å². The molecule has 1 aromatic heterocycles. The summed E-state index contributed by atoms with van der Waals surface area (Å²) in [5.41, 5.74) is 0.280. The fourth-order valence-electron chi connectivity index (χ4n) is 3.31. The Morgan fingerprint density at radius 2 is 1.83 bits per heavy atom. The summed E-state index contributed by atoms with van der Waals surface area (Å²) in [7, 11) is -2.22. The van der Waals surface area contributed by atoms with Crippen molar-refractivity contribution in [1.29, 1.82) is 0 Å². The second-order valence-corrected chi connectivity index (χ2v) is 8.82. The van der Waals surface area contributed by atoms with Crippen molar-refractivity contribution in [3.63, 3.8) is 0 Å². The predicted molar refractivity (Wildman–Crippen MR) is 107 cm³/mol. The highest BCUT2D eigenvalue weighted by Crippen LogP contribution is 2.26. The second kappa shape index (κ2) is 9.23. The molecule has 1 N–H and O–H groups in total. The Hall–Kier alpha value is -2.98. The highest BCUT2D eigenvalue weighted by molar-refractivity contribution is 7.89. The van der Waals surface area contributed by atoms with Crippen LogP contribution in [0.15, 0.2) is 53.6 Å². The van der Waals surface area contributed by atoms with Crippen LogP contribution in [-0.2, 0) is 31.4 Å². The summed E-state index contributed by atoms with van der Waals surface area (Å²) in [5, 5.41) is 2.14. The molecule has 160 valence electrons. The number of nitrogens with one attached hydrogen (secondary N) is 1. The zero-order valence-electron chi connectivity index (χ0n) is 16.5. The van der Waals surface area contributed by atoms with E-state index < -0.39 is 40.5 Å². The Balaban J connectivity index is 1.62. The third-order valence-corrected chi connectivity index (χ3v) is 6.77. The van der Waals surface area contributed by atoms with Crippen molar-refractivity contribution in [2.24, 2.45) is 7.05 Å². The molecule has 1 fully saturated rings. The molecule has 1 aliphatic heterocycles. The molecule has 0 spiro atoms. The fraction of sp³-hybridized carbons (Fsp3) is 0.350. The van der Waals surface area contributed by atoms with E-state index >= 15 is 0 Å². The number of hydrogen-bond donors (Lipinski definition) is 1. The first-order chi connectivity index (χ1) is 14.3. The normalized spacial score (nSPS) is 17.3. The largest absolute Gasteiger partial charge is 0.454 e. The number of amides is 2. The number of imide groups is 1. The minimum absolute atomic E-state index is 0.0932. The Labute approximate surface area is 174 Å². The summed E-state index contributed by atoms with van der Waals surface area (Å²) < 4.78 is 33.6. The van der Waals surface area contributed by atoms with Gasteiger partial charge in [0.1, 0.15) is 11.7 Å². The Morgan fingerprint density at radius 1 is 1.10 bits per heavy atom. The standard InChI is InChI=1S/C20H23N3O6S/c1-22-12-7-11-16(22)19(25)21-18(24)14-29-20(26)17-10-5-6-13-23(17)30(27,28)15-8-3-2-4-9-15/h2-4,7-9,11-12,17H,5-6,10,13-14H2,1H3,(H,21,24,25). The van der Waals surface area contributed by atoms with Gasteiger partial charge in [-0.1, -0.05) is 18.2 Å². The van der Waals surface area contributed by atoms with Gasteiger partial charge in [-0.15, -0.1) is 0 Å². The summed E-state index contributed by atoms with van der Waals surface area (Å²) in [6.07, 6.45) is 3.25. The van der Waals surface area contributed by atoms with Crippen LogP contribution in [0.25, 0.3) is 0 Å². The number of nitrogens with zero attached hydrogens (tertiary/aromatic N) is 2. The number of ether oxygens (including phenoxy) is 1. The third kappa shape index (κ3) is 4.77. The lowest BCUT2D eigenvalue weighted by Crippen LogP contribution is -2.49. The van der Waals surface area contributed by atoms with Gasteiger partial charge >= 0.3 is 5.97 Å². The maximum absolute atomic E-state index is 12.9. The van der Waals surface area contributed by atoms with Gasteiger partial charge in [0, 0.05) is 19.8 Å². The number of rotatable bonds is 6. The fourth-order valence-corrected chi connectivity index (χ4v) is 4.98. The Morgan fingerprint density at radius 3 is 2.50 bits per heavy atom. The molecule has 30 heavy (non-hydrogen) atoms.